The molecule has 1 rings (SSSR count). The summed E-state index contributed by atoms with van der Waals surface area (Å²) in [6, 6.07) is -1.32. The molecular weight excluding hydrogens is 176 g/mol. The summed E-state index contributed by atoms with van der Waals surface area (Å²) >= 11 is 0. The van der Waals surface area contributed by atoms with E-state index in [1.807, 2.05) is 5.43 Å². The number of carbonyl (C=O) groups is 3. The van der Waals surface area contributed by atoms with Crippen LogP contribution in [0.3, 0.4) is 0 Å². The predicted octanol–water partition coefficient (Wildman–Crippen LogP) is -2.08. The van der Waals surface area contributed by atoms with Crippen LogP contribution in [0.25, 0.3) is 0 Å². The van der Waals surface area contributed by atoms with Gasteiger partial charge < -0.3 is 4.90 Å². The van der Waals surface area contributed by atoms with Crippen LogP contribution >= 0.6 is 0 Å². The van der Waals surface area contributed by atoms with Crippen molar-refractivity contribution in [3.05, 3.63) is 0 Å². The van der Waals surface area contributed by atoms with Crippen LogP contribution in [0.4, 0.5) is 4.79 Å². The number of hydrogen-bond acceptors (Lipinski definition) is 4. The number of nitrogens with zero attached hydrogens (tertiary/aromatic N) is 1. The zero-order chi connectivity index (χ0) is 10.0. The Morgan fingerprint density at radius 2 is 2.31 bits per heavy atom. The van der Waals surface area contributed by atoms with Gasteiger partial charge in [0.1, 0.15) is 12.6 Å². The number of rotatable bonds is 0. The fourth-order valence-electron chi connectivity index (χ4n) is 1.05. The van der Waals surface area contributed by atoms with Gasteiger partial charge in [-0.1, -0.05) is 0 Å². The van der Waals surface area contributed by atoms with Crippen LogP contribution in [0, 0.1) is 0 Å². The van der Waals surface area contributed by atoms with Crippen LogP contribution in [0.1, 0.15) is 6.92 Å². The van der Waals surface area contributed by atoms with Gasteiger partial charge in [0, 0.05) is 0 Å². The van der Waals surface area contributed by atoms with Crippen molar-refractivity contribution in [3.63, 3.8) is 0 Å². The van der Waals surface area contributed by atoms with Crippen LogP contribution < -0.4 is 16.6 Å². The molecule has 1 aliphatic rings. The van der Waals surface area contributed by atoms with E-state index >= 15 is 0 Å². The molecule has 1 saturated heterocycles. The number of nitrogens with one attached hydrogen (secondary N) is 2. The van der Waals surface area contributed by atoms with Gasteiger partial charge in [-0.05, 0) is 6.92 Å². The van der Waals surface area contributed by atoms with E-state index in [9.17, 15) is 14.4 Å². The summed E-state index contributed by atoms with van der Waals surface area (Å²) in [7, 11) is 0. The molecule has 1 atom stereocenters. The Kier molecular flexibility index (Phi) is 2.47. The maximum atomic E-state index is 11.0. The summed E-state index contributed by atoms with van der Waals surface area (Å²) in [5.41, 5.74) is 1.86. The molecule has 0 aromatic heterocycles. The molecular formula is C6H10N4O3. The van der Waals surface area contributed by atoms with Crippen molar-refractivity contribution in [3.8, 4) is 0 Å². The van der Waals surface area contributed by atoms with Crippen molar-refractivity contribution in [2.24, 2.45) is 5.84 Å². The van der Waals surface area contributed by atoms with Gasteiger partial charge in [-0.25, -0.2) is 10.6 Å². The summed E-state index contributed by atoms with van der Waals surface area (Å²) < 4.78 is 0. The molecule has 1 fully saturated rings. The number of nitrogens with two attached hydrogens (primary N) is 1. The van der Waals surface area contributed by atoms with E-state index in [1.165, 1.54) is 6.92 Å². The van der Waals surface area contributed by atoms with Gasteiger partial charge in [-0.3, -0.25) is 20.3 Å². The maximum absolute atomic E-state index is 11.0. The zero-order valence-corrected chi connectivity index (χ0v) is 7.03. The molecule has 4 amide bonds. The number of carbonyl (C=O) groups excluding carboxylic acids is 3. The van der Waals surface area contributed by atoms with Crippen molar-refractivity contribution in [2.45, 2.75) is 13.0 Å². The summed E-state index contributed by atoms with van der Waals surface area (Å²) in [5, 5.41) is 2.10. The standard InChI is InChI=1S/C6H10N4O3/c1-3-5(12)8-4(11)2-10(3)6(13)9-7/h3H,2,7H2,1H3,(H,9,13)(H,8,11,12). The van der Waals surface area contributed by atoms with E-state index in [0.717, 1.165) is 4.90 Å². The Balaban J connectivity index is 2.77. The topological polar surface area (TPSA) is 105 Å². The van der Waals surface area contributed by atoms with Gasteiger partial charge in [-0.2, -0.15) is 0 Å². The molecule has 1 unspecified atom stereocenters. The minimum absolute atomic E-state index is 0.157. The lowest BCUT2D eigenvalue weighted by molar-refractivity contribution is -0.137. The van der Waals surface area contributed by atoms with E-state index in [4.69, 9.17) is 5.84 Å². The summed E-state index contributed by atoms with van der Waals surface area (Å²) in [5.74, 6) is 3.86. The monoisotopic (exact) mass is 186 g/mol. The number of hydrazine groups is 1. The molecule has 0 saturated carbocycles. The summed E-state index contributed by atoms with van der Waals surface area (Å²) in [6.07, 6.45) is 0. The van der Waals surface area contributed by atoms with Crippen molar-refractivity contribution in [1.29, 1.82) is 0 Å². The van der Waals surface area contributed by atoms with Crippen molar-refractivity contribution < 1.29 is 14.4 Å². The number of piperazine rings is 1. The largest absolute Gasteiger partial charge is 0.332 e. The predicted molar refractivity (Wildman–Crippen MR) is 42.0 cm³/mol. The highest BCUT2D eigenvalue weighted by Crippen LogP contribution is 2.03. The first kappa shape index (κ1) is 9.46. The third-order valence-corrected chi connectivity index (χ3v) is 1.81. The van der Waals surface area contributed by atoms with Crippen molar-refractivity contribution in [2.75, 3.05) is 6.54 Å². The first-order chi connectivity index (χ1) is 6.06. The molecule has 7 heteroatoms. The van der Waals surface area contributed by atoms with Gasteiger partial charge in [0.05, 0.1) is 0 Å². The second-order valence-corrected chi connectivity index (χ2v) is 2.67. The second kappa shape index (κ2) is 3.40. The molecule has 13 heavy (non-hydrogen) atoms. The lowest BCUT2D eigenvalue weighted by Gasteiger charge is -2.30. The molecule has 1 aliphatic heterocycles. The average molecular weight is 186 g/mol. The van der Waals surface area contributed by atoms with E-state index in [-0.39, 0.29) is 6.54 Å². The van der Waals surface area contributed by atoms with Gasteiger partial charge in [-0.15, -0.1) is 0 Å². The summed E-state index contributed by atoms with van der Waals surface area (Å²) in [4.78, 5) is 34.0. The van der Waals surface area contributed by atoms with Crippen LogP contribution in [-0.2, 0) is 9.59 Å². The Bertz CT molecular complexity index is 265. The summed E-state index contributed by atoms with van der Waals surface area (Å²) in [6.45, 7) is 1.35. The highest BCUT2D eigenvalue weighted by molar-refractivity contribution is 6.03. The number of imide groups is 1. The van der Waals surface area contributed by atoms with Crippen molar-refractivity contribution >= 4 is 17.8 Å². The molecule has 0 radical (unpaired) electrons. The molecule has 0 aromatic carbocycles. The van der Waals surface area contributed by atoms with Crippen LogP contribution in [-0.4, -0.2) is 35.3 Å². The SMILES string of the molecule is CC1C(=O)NC(=O)CN1C(=O)NN. The van der Waals surface area contributed by atoms with Crippen LogP contribution in [0.2, 0.25) is 0 Å². The number of amides is 4. The molecule has 1 heterocycles. The lowest BCUT2D eigenvalue weighted by Crippen LogP contribution is -2.61. The van der Waals surface area contributed by atoms with E-state index in [0.29, 0.717) is 0 Å². The molecule has 0 spiro atoms. The van der Waals surface area contributed by atoms with E-state index in [1.54, 1.807) is 0 Å². The molecule has 4 N–H and O–H groups in total. The van der Waals surface area contributed by atoms with E-state index < -0.39 is 23.9 Å². The average Bonchev–Trinajstić information content (AvgIpc) is 2.10. The third-order valence-electron chi connectivity index (χ3n) is 1.81. The van der Waals surface area contributed by atoms with Gasteiger partial charge >= 0.3 is 6.03 Å². The molecule has 0 aliphatic carbocycles. The van der Waals surface area contributed by atoms with Crippen LogP contribution in [0.5, 0.6) is 0 Å². The van der Waals surface area contributed by atoms with Crippen LogP contribution in [0.15, 0.2) is 0 Å². The second-order valence-electron chi connectivity index (χ2n) is 2.67. The van der Waals surface area contributed by atoms with E-state index in [2.05, 4.69) is 5.32 Å². The Morgan fingerprint density at radius 3 is 2.85 bits per heavy atom. The number of hydrogen-bond donors (Lipinski definition) is 3. The zero-order valence-electron chi connectivity index (χ0n) is 7.03. The Morgan fingerprint density at radius 1 is 1.69 bits per heavy atom. The minimum Gasteiger partial charge on any atom is -0.303 e. The van der Waals surface area contributed by atoms with Crippen molar-refractivity contribution in [1.82, 2.24) is 15.6 Å². The molecule has 0 bridgehead atoms. The highest BCUT2D eigenvalue weighted by Gasteiger charge is 2.32. The first-order valence-electron chi connectivity index (χ1n) is 3.67. The molecule has 0 aromatic rings. The van der Waals surface area contributed by atoms with Gasteiger partial charge in [0.15, 0.2) is 0 Å². The smallest absolute Gasteiger partial charge is 0.303 e. The number of urea groups is 1. The maximum Gasteiger partial charge on any atom is 0.332 e. The van der Waals surface area contributed by atoms with Gasteiger partial charge in [0.25, 0.3) is 0 Å². The minimum atomic E-state index is -0.679. The Hall–Kier alpha value is -1.63. The molecule has 7 nitrogen and oxygen atoms in total. The highest BCUT2D eigenvalue weighted by atomic mass is 16.2. The van der Waals surface area contributed by atoms with Gasteiger partial charge in [0.2, 0.25) is 11.8 Å². The fourth-order valence-corrected chi connectivity index (χ4v) is 1.05. The Labute approximate surface area is 74.2 Å². The molecule has 72 valence electrons. The fraction of sp³-hybridized carbons (Fsp3) is 0.500. The lowest BCUT2D eigenvalue weighted by atomic mass is 10.2. The normalized spacial score (nSPS) is 22.6. The third kappa shape index (κ3) is 1.75. The quantitative estimate of drug-likeness (QED) is 0.175. The first-order valence-corrected chi connectivity index (χ1v) is 3.67.